The SMILES string of the molecule is CC1(C)CC(=O)C(C(c2ccc(OC(F)(F)F)cc2)C2C(=O)CC(C)(C)CC2=O)C(=O)C1. The maximum absolute atomic E-state index is 13.1. The predicted molar refractivity (Wildman–Crippen MR) is 109 cm³/mol. The molecule has 3 rings (SSSR count). The molecule has 8 heteroatoms. The van der Waals surface area contributed by atoms with Gasteiger partial charge in [-0.2, -0.15) is 0 Å². The van der Waals surface area contributed by atoms with Gasteiger partial charge in [0.15, 0.2) is 0 Å². The molecule has 0 heterocycles. The van der Waals surface area contributed by atoms with E-state index in [0.717, 1.165) is 12.1 Å². The number of carbonyl (C=O) groups excluding carboxylic acids is 4. The molecule has 2 aliphatic rings. The smallest absolute Gasteiger partial charge is 0.406 e. The molecule has 0 aliphatic heterocycles. The summed E-state index contributed by atoms with van der Waals surface area (Å²) in [5.74, 6) is -5.27. The Bertz CT molecular complexity index is 855. The lowest BCUT2D eigenvalue weighted by atomic mass is 9.59. The van der Waals surface area contributed by atoms with E-state index >= 15 is 0 Å². The van der Waals surface area contributed by atoms with Crippen molar-refractivity contribution >= 4 is 23.1 Å². The van der Waals surface area contributed by atoms with Gasteiger partial charge in [-0.1, -0.05) is 39.8 Å². The van der Waals surface area contributed by atoms with Gasteiger partial charge in [0.25, 0.3) is 0 Å². The van der Waals surface area contributed by atoms with Crippen LogP contribution in [0.3, 0.4) is 0 Å². The van der Waals surface area contributed by atoms with Crippen LogP contribution in [0.4, 0.5) is 13.2 Å². The molecule has 174 valence electrons. The van der Waals surface area contributed by atoms with Crippen LogP contribution in [0, 0.1) is 22.7 Å². The van der Waals surface area contributed by atoms with Crippen molar-refractivity contribution in [1.29, 1.82) is 0 Å². The Balaban J connectivity index is 2.04. The van der Waals surface area contributed by atoms with Crippen LogP contribution >= 0.6 is 0 Å². The zero-order valence-corrected chi connectivity index (χ0v) is 18.5. The second-order valence-electron chi connectivity index (χ2n) is 10.5. The van der Waals surface area contributed by atoms with Crippen LogP contribution in [0.25, 0.3) is 0 Å². The van der Waals surface area contributed by atoms with Gasteiger partial charge in [-0.05, 0) is 28.5 Å². The fourth-order valence-corrected chi connectivity index (χ4v) is 5.08. The van der Waals surface area contributed by atoms with Gasteiger partial charge in [0.05, 0.1) is 11.8 Å². The Morgan fingerprint density at radius 3 is 1.41 bits per heavy atom. The maximum Gasteiger partial charge on any atom is 0.573 e. The number of Topliss-reactive ketones (excluding diaryl/α,β-unsaturated/α-hetero) is 4. The molecule has 0 N–H and O–H groups in total. The molecule has 0 aromatic heterocycles. The zero-order chi connectivity index (χ0) is 24.1. The third kappa shape index (κ3) is 5.27. The molecule has 32 heavy (non-hydrogen) atoms. The monoisotopic (exact) mass is 452 g/mol. The van der Waals surface area contributed by atoms with E-state index in [1.54, 1.807) is 27.7 Å². The standard InChI is InChI=1S/C24H27F3O5/c1-22(2)9-15(28)20(16(29)10-22)19(21-17(30)11-23(3,4)12-18(21)31)13-5-7-14(8-6-13)32-24(25,26)27/h5-8,19-21H,9-12H2,1-4H3. The van der Waals surface area contributed by atoms with Crippen LogP contribution in [0.1, 0.15) is 64.9 Å². The van der Waals surface area contributed by atoms with E-state index in [9.17, 15) is 32.3 Å². The molecular weight excluding hydrogens is 425 g/mol. The van der Waals surface area contributed by atoms with Crippen molar-refractivity contribution in [3.8, 4) is 5.75 Å². The van der Waals surface area contributed by atoms with Crippen molar-refractivity contribution in [3.63, 3.8) is 0 Å². The topological polar surface area (TPSA) is 77.5 Å². The molecule has 0 unspecified atom stereocenters. The number of hydrogen-bond donors (Lipinski definition) is 0. The summed E-state index contributed by atoms with van der Waals surface area (Å²) in [5.41, 5.74) is -0.748. The van der Waals surface area contributed by atoms with Crippen molar-refractivity contribution in [2.24, 2.45) is 22.7 Å². The van der Waals surface area contributed by atoms with Gasteiger partial charge in [0.2, 0.25) is 0 Å². The van der Waals surface area contributed by atoms with Crippen molar-refractivity contribution < 1.29 is 37.1 Å². The summed E-state index contributed by atoms with van der Waals surface area (Å²) in [4.78, 5) is 52.2. The van der Waals surface area contributed by atoms with Crippen LogP contribution in [0.15, 0.2) is 24.3 Å². The van der Waals surface area contributed by atoms with Gasteiger partial charge in [-0.25, -0.2) is 0 Å². The summed E-state index contributed by atoms with van der Waals surface area (Å²) in [5, 5.41) is 0. The minimum atomic E-state index is -4.87. The Kier molecular flexibility index (Phi) is 6.13. The molecule has 1 aromatic rings. The highest BCUT2D eigenvalue weighted by Crippen LogP contribution is 2.47. The summed E-state index contributed by atoms with van der Waals surface area (Å²) < 4.78 is 41.5. The van der Waals surface area contributed by atoms with Crippen LogP contribution in [0.2, 0.25) is 0 Å². The number of alkyl halides is 3. The van der Waals surface area contributed by atoms with Gasteiger partial charge in [-0.15, -0.1) is 13.2 Å². The van der Waals surface area contributed by atoms with Gasteiger partial charge in [0, 0.05) is 31.6 Å². The Hall–Kier alpha value is -2.51. The van der Waals surface area contributed by atoms with E-state index in [-0.39, 0.29) is 48.8 Å². The average Bonchev–Trinajstić information content (AvgIpc) is 2.56. The predicted octanol–water partition coefficient (Wildman–Crippen LogP) is 4.82. The summed E-state index contributed by atoms with van der Waals surface area (Å²) in [6.45, 7) is 7.21. The molecule has 5 nitrogen and oxygen atoms in total. The molecular formula is C24H27F3O5. The summed E-state index contributed by atoms with van der Waals surface area (Å²) in [6, 6.07) is 4.73. The molecule has 0 spiro atoms. The number of ether oxygens (including phenoxy) is 1. The van der Waals surface area contributed by atoms with E-state index in [1.165, 1.54) is 12.1 Å². The second-order valence-corrected chi connectivity index (χ2v) is 10.5. The number of ketones is 4. The third-order valence-electron chi connectivity index (χ3n) is 6.22. The molecule has 0 amide bonds. The van der Waals surface area contributed by atoms with E-state index in [4.69, 9.17) is 0 Å². The average molecular weight is 452 g/mol. The van der Waals surface area contributed by atoms with Gasteiger partial charge in [-0.3, -0.25) is 19.2 Å². The van der Waals surface area contributed by atoms with Crippen LogP contribution in [-0.4, -0.2) is 29.5 Å². The highest BCUT2D eigenvalue weighted by Gasteiger charge is 2.52. The highest BCUT2D eigenvalue weighted by molar-refractivity contribution is 6.11. The molecule has 0 bridgehead atoms. The largest absolute Gasteiger partial charge is 0.573 e. The van der Waals surface area contributed by atoms with Crippen LogP contribution in [-0.2, 0) is 19.2 Å². The number of benzene rings is 1. The Morgan fingerprint density at radius 1 is 0.750 bits per heavy atom. The van der Waals surface area contributed by atoms with E-state index in [2.05, 4.69) is 4.74 Å². The van der Waals surface area contributed by atoms with Crippen LogP contribution < -0.4 is 4.74 Å². The lowest BCUT2D eigenvalue weighted by Gasteiger charge is -2.41. The molecule has 1 aromatic carbocycles. The molecule has 0 saturated heterocycles. The zero-order valence-electron chi connectivity index (χ0n) is 18.5. The van der Waals surface area contributed by atoms with Crippen molar-refractivity contribution in [1.82, 2.24) is 0 Å². The van der Waals surface area contributed by atoms with Crippen LogP contribution in [0.5, 0.6) is 5.75 Å². The molecule has 2 saturated carbocycles. The fourth-order valence-electron chi connectivity index (χ4n) is 5.08. The number of carbonyl (C=O) groups is 4. The number of hydrogen-bond acceptors (Lipinski definition) is 5. The Labute approximate surface area is 184 Å². The number of rotatable bonds is 4. The molecule has 2 fully saturated rings. The molecule has 2 aliphatic carbocycles. The summed E-state index contributed by atoms with van der Waals surface area (Å²) in [6.07, 6.45) is -4.39. The van der Waals surface area contributed by atoms with Gasteiger partial charge >= 0.3 is 6.36 Å². The first-order valence-electron chi connectivity index (χ1n) is 10.6. The molecule has 0 radical (unpaired) electrons. The third-order valence-corrected chi connectivity index (χ3v) is 6.22. The number of halogens is 3. The van der Waals surface area contributed by atoms with E-state index in [0.29, 0.717) is 5.56 Å². The minimum absolute atomic E-state index is 0.121. The van der Waals surface area contributed by atoms with Crippen molar-refractivity contribution in [3.05, 3.63) is 29.8 Å². The first-order valence-corrected chi connectivity index (χ1v) is 10.6. The fraction of sp³-hybridized carbons (Fsp3) is 0.583. The Morgan fingerprint density at radius 2 is 1.09 bits per heavy atom. The van der Waals surface area contributed by atoms with Gasteiger partial charge < -0.3 is 4.74 Å². The first kappa shape index (κ1) is 24.1. The summed E-state index contributed by atoms with van der Waals surface area (Å²) in [7, 11) is 0. The summed E-state index contributed by atoms with van der Waals surface area (Å²) >= 11 is 0. The normalized spacial score (nSPS) is 22.5. The maximum atomic E-state index is 13.1. The van der Waals surface area contributed by atoms with Crippen molar-refractivity contribution in [2.45, 2.75) is 65.7 Å². The van der Waals surface area contributed by atoms with Gasteiger partial charge in [0.1, 0.15) is 28.9 Å². The minimum Gasteiger partial charge on any atom is -0.406 e. The van der Waals surface area contributed by atoms with E-state index < -0.39 is 40.7 Å². The molecule has 0 atom stereocenters. The first-order chi connectivity index (χ1) is 14.6. The quantitative estimate of drug-likeness (QED) is 0.613. The van der Waals surface area contributed by atoms with Crippen molar-refractivity contribution in [2.75, 3.05) is 0 Å². The lowest BCUT2D eigenvalue weighted by Crippen LogP contribution is -2.48. The highest BCUT2D eigenvalue weighted by atomic mass is 19.4. The van der Waals surface area contributed by atoms with E-state index in [1.807, 2.05) is 0 Å². The second kappa shape index (κ2) is 8.12. The lowest BCUT2D eigenvalue weighted by molar-refractivity contribution is -0.274.